The minimum absolute atomic E-state index is 0.279. The zero-order chi connectivity index (χ0) is 22.3. The molecule has 10 heteroatoms. The number of sulfone groups is 1. The van der Waals surface area contributed by atoms with Crippen molar-refractivity contribution in [2.24, 2.45) is 0 Å². The molecule has 1 aliphatic heterocycles. The summed E-state index contributed by atoms with van der Waals surface area (Å²) in [5, 5.41) is 4.46. The van der Waals surface area contributed by atoms with Crippen molar-refractivity contribution in [2.75, 3.05) is 12.8 Å². The number of fused-ring (bicyclic) bond motifs is 1. The van der Waals surface area contributed by atoms with Crippen LogP contribution in [-0.4, -0.2) is 45.9 Å². The predicted octanol–water partition coefficient (Wildman–Crippen LogP) is 2.18. The summed E-state index contributed by atoms with van der Waals surface area (Å²) in [5.74, 6) is 0.671. The monoisotopic (exact) mass is 451 g/mol. The van der Waals surface area contributed by atoms with Crippen LogP contribution in [0.4, 0.5) is 0 Å². The first-order valence-electron chi connectivity index (χ1n) is 10.1. The lowest BCUT2D eigenvalue weighted by molar-refractivity contribution is 0.241. The third kappa shape index (κ3) is 3.90. The maximum Gasteiger partial charge on any atom is 0.256 e. The Morgan fingerprint density at radius 3 is 2.69 bits per heavy atom. The fraction of sp³-hybridized carbons (Fsp3) is 0.227. The molecule has 0 amide bonds. The molecule has 0 saturated heterocycles. The number of furan rings is 1. The van der Waals surface area contributed by atoms with E-state index in [9.17, 15) is 13.2 Å². The van der Waals surface area contributed by atoms with E-state index in [0.29, 0.717) is 43.1 Å². The number of para-hydroxylation sites is 1. The molecule has 0 fully saturated rings. The molecule has 0 atom stereocenters. The van der Waals surface area contributed by atoms with E-state index in [-0.39, 0.29) is 5.16 Å². The molecule has 0 unspecified atom stereocenters. The van der Waals surface area contributed by atoms with Crippen molar-refractivity contribution >= 4 is 9.84 Å². The molecule has 9 nitrogen and oxygen atoms in total. The molecule has 0 spiro atoms. The molecule has 4 aromatic rings. The highest BCUT2D eigenvalue weighted by atomic mass is 32.2. The largest absolute Gasteiger partial charge is 0.463 e. The van der Waals surface area contributed by atoms with Gasteiger partial charge in [0.2, 0.25) is 15.0 Å². The summed E-state index contributed by atoms with van der Waals surface area (Å²) in [6.45, 7) is 1.56. The maximum atomic E-state index is 12.6. The molecule has 1 aliphatic rings. The van der Waals surface area contributed by atoms with E-state index in [1.807, 2.05) is 53.3 Å². The van der Waals surface area contributed by atoms with Crippen LogP contribution < -0.4 is 5.56 Å². The predicted molar refractivity (Wildman–Crippen MR) is 117 cm³/mol. The second-order valence-corrected chi connectivity index (χ2v) is 9.72. The standard InChI is InChI=1S/C22H21N5O4S/c1-32(29,30)22-23-18-9-10-26(14-17(18)21(28)24-22)12-15-13-27(16-6-3-2-4-7-16)25-20(15)19-8-5-11-31-19/h2-8,11,13H,9-10,12,14H2,1H3,(H,23,24,28). The number of hydrogen-bond donors (Lipinski definition) is 1. The number of hydrogen-bond acceptors (Lipinski definition) is 7. The van der Waals surface area contributed by atoms with Crippen molar-refractivity contribution in [3.8, 4) is 17.1 Å². The molecule has 164 valence electrons. The average Bonchev–Trinajstić information content (AvgIpc) is 3.44. The van der Waals surface area contributed by atoms with E-state index >= 15 is 0 Å². The Balaban J connectivity index is 1.46. The molecule has 3 aromatic heterocycles. The number of H-pyrrole nitrogens is 1. The van der Waals surface area contributed by atoms with Gasteiger partial charge in [-0.15, -0.1) is 0 Å². The van der Waals surface area contributed by atoms with Crippen LogP contribution in [0.1, 0.15) is 16.8 Å². The topological polar surface area (TPSA) is 114 Å². The Hall–Kier alpha value is -3.50. The fourth-order valence-corrected chi connectivity index (χ4v) is 4.42. The Kier molecular flexibility index (Phi) is 5.03. The molecule has 0 bridgehead atoms. The summed E-state index contributed by atoms with van der Waals surface area (Å²) in [6, 6.07) is 13.5. The second kappa shape index (κ2) is 7.88. The molecule has 1 N–H and O–H groups in total. The SMILES string of the molecule is CS(=O)(=O)c1nc2c(c(=O)[nH]1)CN(Cc1cn(-c3ccccc3)nc1-c1ccco1)CC2. The third-order valence-corrected chi connectivity index (χ3v) is 6.33. The maximum absolute atomic E-state index is 12.6. The van der Waals surface area contributed by atoms with Gasteiger partial charge < -0.3 is 4.42 Å². The summed E-state index contributed by atoms with van der Waals surface area (Å²) in [4.78, 5) is 21.3. The molecule has 5 rings (SSSR count). The van der Waals surface area contributed by atoms with Crippen LogP contribution >= 0.6 is 0 Å². The first-order chi connectivity index (χ1) is 15.4. The van der Waals surface area contributed by atoms with Gasteiger partial charge in [0, 0.05) is 44.1 Å². The van der Waals surface area contributed by atoms with Crippen LogP contribution in [0.3, 0.4) is 0 Å². The highest BCUT2D eigenvalue weighted by Gasteiger charge is 2.25. The van der Waals surface area contributed by atoms with Crippen LogP contribution in [0.25, 0.3) is 17.1 Å². The molecule has 0 saturated carbocycles. The van der Waals surface area contributed by atoms with E-state index in [1.54, 1.807) is 6.26 Å². The Morgan fingerprint density at radius 2 is 1.97 bits per heavy atom. The molecular weight excluding hydrogens is 430 g/mol. The first-order valence-corrected chi connectivity index (χ1v) is 12.0. The molecule has 0 radical (unpaired) electrons. The van der Waals surface area contributed by atoms with Crippen LogP contribution in [0.15, 0.2) is 69.3 Å². The number of benzene rings is 1. The second-order valence-electron chi connectivity index (χ2n) is 7.79. The van der Waals surface area contributed by atoms with Gasteiger partial charge in [-0.25, -0.2) is 18.1 Å². The summed E-state index contributed by atoms with van der Waals surface area (Å²) >= 11 is 0. The molecule has 1 aromatic carbocycles. The summed E-state index contributed by atoms with van der Waals surface area (Å²) in [7, 11) is -3.58. The zero-order valence-electron chi connectivity index (χ0n) is 17.4. The molecular formula is C22H21N5O4S. The van der Waals surface area contributed by atoms with Crippen molar-refractivity contribution in [3.05, 3.63) is 82.1 Å². The van der Waals surface area contributed by atoms with Crippen LogP contribution in [0, 0.1) is 0 Å². The highest BCUT2D eigenvalue weighted by Crippen LogP contribution is 2.27. The van der Waals surface area contributed by atoms with Crippen LogP contribution in [-0.2, 0) is 29.3 Å². The van der Waals surface area contributed by atoms with Crippen molar-refractivity contribution in [1.82, 2.24) is 24.6 Å². The minimum Gasteiger partial charge on any atom is -0.463 e. The van der Waals surface area contributed by atoms with Gasteiger partial charge >= 0.3 is 0 Å². The van der Waals surface area contributed by atoms with Crippen molar-refractivity contribution in [3.63, 3.8) is 0 Å². The Labute approximate surface area is 184 Å². The van der Waals surface area contributed by atoms with Crippen molar-refractivity contribution in [2.45, 2.75) is 24.7 Å². The Morgan fingerprint density at radius 1 is 1.16 bits per heavy atom. The van der Waals surface area contributed by atoms with E-state index in [2.05, 4.69) is 14.9 Å². The van der Waals surface area contributed by atoms with Crippen LogP contribution in [0.2, 0.25) is 0 Å². The van der Waals surface area contributed by atoms with Gasteiger partial charge in [-0.05, 0) is 24.3 Å². The normalized spacial score (nSPS) is 14.4. The summed E-state index contributed by atoms with van der Waals surface area (Å²) in [5.41, 5.74) is 3.26. The van der Waals surface area contributed by atoms with Crippen molar-refractivity contribution < 1.29 is 12.8 Å². The number of nitrogens with zero attached hydrogens (tertiary/aromatic N) is 4. The van der Waals surface area contributed by atoms with Gasteiger partial charge in [0.15, 0.2) is 5.76 Å². The van der Waals surface area contributed by atoms with Gasteiger partial charge in [0.25, 0.3) is 5.56 Å². The third-order valence-electron chi connectivity index (χ3n) is 5.44. The summed E-state index contributed by atoms with van der Waals surface area (Å²) < 4.78 is 31.0. The van der Waals surface area contributed by atoms with Gasteiger partial charge in [-0.2, -0.15) is 5.10 Å². The highest BCUT2D eigenvalue weighted by molar-refractivity contribution is 7.90. The fourth-order valence-electron chi connectivity index (χ4n) is 3.87. The van der Waals surface area contributed by atoms with Gasteiger partial charge in [-0.3, -0.25) is 14.7 Å². The number of nitrogens with one attached hydrogen (secondary N) is 1. The smallest absolute Gasteiger partial charge is 0.256 e. The molecule has 4 heterocycles. The zero-order valence-corrected chi connectivity index (χ0v) is 18.2. The van der Waals surface area contributed by atoms with E-state index in [1.165, 1.54) is 0 Å². The Bertz CT molecular complexity index is 1420. The minimum atomic E-state index is -3.58. The number of aromatic amines is 1. The number of aromatic nitrogens is 4. The lowest BCUT2D eigenvalue weighted by atomic mass is 10.1. The van der Waals surface area contributed by atoms with Crippen molar-refractivity contribution in [1.29, 1.82) is 0 Å². The lowest BCUT2D eigenvalue weighted by Crippen LogP contribution is -2.36. The quantitative estimate of drug-likeness (QED) is 0.463. The molecule has 0 aliphatic carbocycles. The first kappa shape index (κ1) is 20.4. The summed E-state index contributed by atoms with van der Waals surface area (Å²) in [6.07, 6.45) is 5.11. The van der Waals surface area contributed by atoms with E-state index in [4.69, 9.17) is 9.52 Å². The van der Waals surface area contributed by atoms with E-state index in [0.717, 1.165) is 23.2 Å². The average molecular weight is 452 g/mol. The van der Waals surface area contributed by atoms with Gasteiger partial charge in [0.05, 0.1) is 23.2 Å². The molecule has 32 heavy (non-hydrogen) atoms. The lowest BCUT2D eigenvalue weighted by Gasteiger charge is -2.27. The van der Waals surface area contributed by atoms with Gasteiger partial charge in [0.1, 0.15) is 5.69 Å². The number of rotatable bonds is 5. The van der Waals surface area contributed by atoms with Gasteiger partial charge in [-0.1, -0.05) is 18.2 Å². The van der Waals surface area contributed by atoms with Crippen LogP contribution in [0.5, 0.6) is 0 Å². The van der Waals surface area contributed by atoms with E-state index < -0.39 is 15.4 Å².